The lowest BCUT2D eigenvalue weighted by Crippen LogP contribution is -2.54. The van der Waals surface area contributed by atoms with Gasteiger partial charge in [0.2, 0.25) is 5.91 Å². The van der Waals surface area contributed by atoms with E-state index in [-0.39, 0.29) is 18.1 Å². The highest BCUT2D eigenvalue weighted by atomic mass is 16.3. The standard InChI is InChI=1S/C11H23N3O3/c1-5-12-10(17)13-9(16)8(2)14-11(3,4)6-7-15/h8,14-15H,5-7H2,1-4H3,(H2,12,13,16,17). The summed E-state index contributed by atoms with van der Waals surface area (Å²) in [5.74, 6) is -0.387. The molecule has 0 fully saturated rings. The van der Waals surface area contributed by atoms with Gasteiger partial charge < -0.3 is 15.7 Å². The summed E-state index contributed by atoms with van der Waals surface area (Å²) in [4.78, 5) is 22.8. The summed E-state index contributed by atoms with van der Waals surface area (Å²) in [6.07, 6.45) is 0.534. The van der Waals surface area contributed by atoms with Crippen molar-refractivity contribution in [1.29, 1.82) is 0 Å². The number of amides is 3. The van der Waals surface area contributed by atoms with Gasteiger partial charge in [0.25, 0.3) is 0 Å². The maximum atomic E-state index is 11.6. The van der Waals surface area contributed by atoms with Crippen LogP contribution in [0.1, 0.15) is 34.1 Å². The third-order valence-electron chi connectivity index (χ3n) is 2.31. The molecule has 4 N–H and O–H groups in total. The van der Waals surface area contributed by atoms with Gasteiger partial charge in [-0.3, -0.25) is 10.1 Å². The number of hydrogen-bond acceptors (Lipinski definition) is 4. The van der Waals surface area contributed by atoms with Crippen LogP contribution in [0.2, 0.25) is 0 Å². The van der Waals surface area contributed by atoms with Gasteiger partial charge >= 0.3 is 6.03 Å². The molecule has 0 radical (unpaired) electrons. The van der Waals surface area contributed by atoms with Gasteiger partial charge in [-0.1, -0.05) is 0 Å². The monoisotopic (exact) mass is 245 g/mol. The fraction of sp³-hybridized carbons (Fsp3) is 0.818. The second-order valence-corrected chi connectivity index (χ2v) is 4.57. The zero-order chi connectivity index (χ0) is 13.5. The first-order chi connectivity index (χ1) is 7.82. The number of rotatable bonds is 6. The highest BCUT2D eigenvalue weighted by Gasteiger charge is 2.23. The van der Waals surface area contributed by atoms with E-state index in [2.05, 4.69) is 16.0 Å². The number of aliphatic hydroxyl groups is 1. The van der Waals surface area contributed by atoms with Gasteiger partial charge in [-0.25, -0.2) is 4.79 Å². The van der Waals surface area contributed by atoms with E-state index >= 15 is 0 Å². The number of aliphatic hydroxyl groups excluding tert-OH is 1. The molecule has 0 spiro atoms. The molecule has 0 aliphatic rings. The lowest BCUT2D eigenvalue weighted by Gasteiger charge is -2.28. The Hall–Kier alpha value is -1.14. The summed E-state index contributed by atoms with van der Waals surface area (Å²) in [6, 6.07) is -0.995. The van der Waals surface area contributed by atoms with E-state index in [9.17, 15) is 9.59 Å². The molecular formula is C11H23N3O3. The van der Waals surface area contributed by atoms with E-state index in [4.69, 9.17) is 5.11 Å². The second kappa shape index (κ2) is 7.24. The topological polar surface area (TPSA) is 90.5 Å². The van der Waals surface area contributed by atoms with Crippen molar-refractivity contribution in [1.82, 2.24) is 16.0 Å². The zero-order valence-electron chi connectivity index (χ0n) is 11.0. The molecule has 6 nitrogen and oxygen atoms in total. The Morgan fingerprint density at radius 2 is 1.94 bits per heavy atom. The summed E-state index contributed by atoms with van der Waals surface area (Å²) in [5, 5.41) is 16.6. The van der Waals surface area contributed by atoms with Crippen molar-refractivity contribution in [2.75, 3.05) is 13.2 Å². The van der Waals surface area contributed by atoms with E-state index < -0.39 is 12.1 Å². The average molecular weight is 245 g/mol. The molecule has 0 aromatic rings. The summed E-state index contributed by atoms with van der Waals surface area (Å²) < 4.78 is 0. The van der Waals surface area contributed by atoms with Crippen LogP contribution in [0, 0.1) is 0 Å². The maximum Gasteiger partial charge on any atom is 0.321 e. The van der Waals surface area contributed by atoms with E-state index in [0.29, 0.717) is 13.0 Å². The van der Waals surface area contributed by atoms with Crippen molar-refractivity contribution in [3.8, 4) is 0 Å². The molecule has 0 aromatic carbocycles. The molecule has 0 rings (SSSR count). The third-order valence-corrected chi connectivity index (χ3v) is 2.31. The van der Waals surface area contributed by atoms with Crippen molar-refractivity contribution in [3.63, 3.8) is 0 Å². The van der Waals surface area contributed by atoms with Crippen LogP contribution < -0.4 is 16.0 Å². The Bertz CT molecular complexity index is 267. The lowest BCUT2D eigenvalue weighted by atomic mass is 10.00. The predicted molar refractivity (Wildman–Crippen MR) is 65.6 cm³/mol. The van der Waals surface area contributed by atoms with Crippen LogP contribution in [-0.4, -0.2) is 41.8 Å². The van der Waals surface area contributed by atoms with Gasteiger partial charge in [-0.2, -0.15) is 0 Å². The summed E-state index contributed by atoms with van der Waals surface area (Å²) in [7, 11) is 0. The molecule has 1 unspecified atom stereocenters. The SMILES string of the molecule is CCNC(=O)NC(=O)C(C)NC(C)(C)CCO. The number of hydrogen-bond donors (Lipinski definition) is 4. The van der Waals surface area contributed by atoms with Gasteiger partial charge in [-0.15, -0.1) is 0 Å². The average Bonchev–Trinajstić information content (AvgIpc) is 2.16. The van der Waals surface area contributed by atoms with E-state index in [1.54, 1.807) is 13.8 Å². The van der Waals surface area contributed by atoms with E-state index in [1.165, 1.54) is 0 Å². The minimum absolute atomic E-state index is 0.0463. The molecule has 0 saturated heterocycles. The highest BCUT2D eigenvalue weighted by Crippen LogP contribution is 2.08. The van der Waals surface area contributed by atoms with Crippen LogP contribution in [0.25, 0.3) is 0 Å². The van der Waals surface area contributed by atoms with Crippen LogP contribution in [0.4, 0.5) is 4.79 Å². The summed E-state index contributed by atoms with van der Waals surface area (Å²) in [6.45, 7) is 7.74. The normalized spacial score (nSPS) is 13.0. The minimum atomic E-state index is -0.501. The van der Waals surface area contributed by atoms with Crippen molar-refractivity contribution >= 4 is 11.9 Å². The fourth-order valence-electron chi connectivity index (χ4n) is 1.43. The quantitative estimate of drug-likeness (QED) is 0.529. The van der Waals surface area contributed by atoms with Gasteiger partial charge in [0, 0.05) is 18.7 Å². The van der Waals surface area contributed by atoms with Crippen molar-refractivity contribution in [2.45, 2.75) is 45.7 Å². The van der Waals surface area contributed by atoms with Gasteiger partial charge in [0.15, 0.2) is 0 Å². The molecule has 17 heavy (non-hydrogen) atoms. The van der Waals surface area contributed by atoms with Crippen LogP contribution >= 0.6 is 0 Å². The number of imide groups is 1. The molecule has 6 heteroatoms. The largest absolute Gasteiger partial charge is 0.396 e. The van der Waals surface area contributed by atoms with Gasteiger partial charge in [-0.05, 0) is 34.1 Å². The molecule has 0 aliphatic carbocycles. The van der Waals surface area contributed by atoms with Crippen LogP contribution in [0.3, 0.4) is 0 Å². The van der Waals surface area contributed by atoms with E-state index in [1.807, 2.05) is 13.8 Å². The third kappa shape index (κ3) is 6.91. The molecule has 0 saturated carbocycles. The number of carbonyl (C=O) groups is 2. The Morgan fingerprint density at radius 3 is 2.41 bits per heavy atom. The highest BCUT2D eigenvalue weighted by molar-refractivity contribution is 5.96. The first-order valence-electron chi connectivity index (χ1n) is 5.79. The molecule has 100 valence electrons. The van der Waals surface area contributed by atoms with Gasteiger partial charge in [0.05, 0.1) is 6.04 Å². The van der Waals surface area contributed by atoms with Gasteiger partial charge in [0.1, 0.15) is 0 Å². The Morgan fingerprint density at radius 1 is 1.35 bits per heavy atom. The Balaban J connectivity index is 4.18. The summed E-state index contributed by atoms with van der Waals surface area (Å²) >= 11 is 0. The Kier molecular flexibility index (Phi) is 6.75. The molecular weight excluding hydrogens is 222 g/mol. The van der Waals surface area contributed by atoms with Crippen molar-refractivity contribution in [3.05, 3.63) is 0 Å². The Labute approximate surface area is 102 Å². The maximum absolute atomic E-state index is 11.6. The van der Waals surface area contributed by atoms with E-state index in [0.717, 1.165) is 0 Å². The molecule has 3 amide bonds. The lowest BCUT2D eigenvalue weighted by molar-refractivity contribution is -0.122. The molecule has 0 aliphatic heterocycles. The van der Waals surface area contributed by atoms with Crippen LogP contribution in [-0.2, 0) is 4.79 Å². The fourth-order valence-corrected chi connectivity index (χ4v) is 1.43. The van der Waals surface area contributed by atoms with Crippen molar-refractivity contribution in [2.24, 2.45) is 0 Å². The zero-order valence-corrected chi connectivity index (χ0v) is 11.0. The number of carbonyl (C=O) groups excluding carboxylic acids is 2. The first kappa shape index (κ1) is 15.9. The summed E-state index contributed by atoms with van der Waals surface area (Å²) in [5.41, 5.74) is -0.354. The first-order valence-corrected chi connectivity index (χ1v) is 5.79. The number of urea groups is 1. The number of nitrogens with one attached hydrogen (secondary N) is 3. The van der Waals surface area contributed by atoms with Crippen molar-refractivity contribution < 1.29 is 14.7 Å². The molecule has 0 bridgehead atoms. The molecule has 0 heterocycles. The smallest absolute Gasteiger partial charge is 0.321 e. The molecule has 1 atom stereocenters. The second-order valence-electron chi connectivity index (χ2n) is 4.57. The molecule has 0 aromatic heterocycles. The van der Waals surface area contributed by atoms with Crippen LogP contribution in [0.15, 0.2) is 0 Å². The predicted octanol–water partition coefficient (Wildman–Crippen LogP) is -0.0288. The minimum Gasteiger partial charge on any atom is -0.396 e. The van der Waals surface area contributed by atoms with Crippen LogP contribution in [0.5, 0.6) is 0 Å².